The van der Waals surface area contributed by atoms with Crippen molar-refractivity contribution in [3.63, 3.8) is 0 Å². The van der Waals surface area contributed by atoms with Gasteiger partial charge in [-0.05, 0) is 335 Å². The summed E-state index contributed by atoms with van der Waals surface area (Å²) in [5.41, 5.74) is 42.9. The molecule has 0 aliphatic heterocycles. The second-order valence-corrected chi connectivity index (χ2v) is 48.6. The molecule has 0 radical (unpaired) electrons. The van der Waals surface area contributed by atoms with E-state index in [2.05, 4.69) is 594 Å². The molecule has 0 saturated heterocycles. The molecule has 0 N–H and O–H groups in total. The monoisotopic (exact) mass is 2220 g/mol. The number of halogens is 6. The Labute approximate surface area is 887 Å². The maximum absolute atomic E-state index is 3.88. The summed E-state index contributed by atoms with van der Waals surface area (Å²) in [7, 11) is 0. The van der Waals surface area contributed by atoms with Gasteiger partial charge >= 0.3 is 0 Å². The van der Waals surface area contributed by atoms with E-state index in [1.165, 1.54) is 251 Å². The molecule has 0 heterocycles. The van der Waals surface area contributed by atoms with E-state index in [9.17, 15) is 0 Å². The van der Waals surface area contributed by atoms with Gasteiger partial charge in [-0.15, -0.1) is 0 Å². The zero-order valence-corrected chi connectivity index (χ0v) is 92.3. The van der Waals surface area contributed by atoms with Crippen LogP contribution in [0.15, 0.2) is 421 Å². The third-order valence-corrected chi connectivity index (χ3v) is 35.0. The van der Waals surface area contributed by atoms with Crippen molar-refractivity contribution < 1.29 is 0 Å². The van der Waals surface area contributed by atoms with Crippen LogP contribution < -0.4 is 0 Å². The van der Waals surface area contributed by atoms with Gasteiger partial charge in [0.25, 0.3) is 0 Å². The molecule has 0 spiro atoms. The molecule has 0 atom stereocenters. The zero-order valence-electron chi connectivity index (χ0n) is 82.8. The van der Waals surface area contributed by atoms with Crippen LogP contribution in [0.5, 0.6) is 0 Å². The molecule has 0 nitrogen and oxygen atoms in total. The van der Waals surface area contributed by atoms with Crippen molar-refractivity contribution >= 4 is 160 Å². The SMILES string of the molecule is CC(C)(C)c1ccc(-c2ccc(Br)c3c2C(C)(C)c2cc4ccccc4cc2-3)cc1.CC1(C)c2c(Br)cccc2-c2c(-c3ccccc3)cc3ccccc3c21.CC1(C)c2cc(Br)ccc2-c2c1cc(-c1ccccc1)c1ccccc21.CC1(C)c2cc3ccccc3cc2-c2c(Br)cccc21.CC1(C)c2ccc(Br)cc2-c2cc3ccccc3cc21.CC1(C)c2ccc(Br)cc2-c2ccc3ccccc3c21. The molecule has 142 heavy (non-hydrogen) atoms. The van der Waals surface area contributed by atoms with Crippen LogP contribution in [0.3, 0.4) is 0 Å². The van der Waals surface area contributed by atoms with E-state index in [1.807, 2.05) is 0 Å². The minimum Gasteiger partial charge on any atom is -0.0622 e. The fraction of sp³-hybridized carbons (Fsp3) is 0.162. The highest BCUT2D eigenvalue weighted by Gasteiger charge is 2.45. The molecule has 0 saturated carbocycles. The summed E-state index contributed by atoms with van der Waals surface area (Å²) < 4.78 is 7.00. The van der Waals surface area contributed by atoms with Crippen molar-refractivity contribution in [2.75, 3.05) is 0 Å². The van der Waals surface area contributed by atoms with Crippen LogP contribution in [-0.4, -0.2) is 0 Å². The summed E-state index contributed by atoms with van der Waals surface area (Å²) >= 11 is 22.3. The van der Waals surface area contributed by atoms with Gasteiger partial charge in [0.05, 0.1) is 0 Å². The van der Waals surface area contributed by atoms with E-state index in [0.717, 1.165) is 13.4 Å². The van der Waals surface area contributed by atoms with Crippen molar-refractivity contribution in [2.24, 2.45) is 0 Å². The molecule has 21 aromatic carbocycles. The average Bonchev–Trinajstić information content (AvgIpc) is 1.58. The second-order valence-electron chi connectivity index (χ2n) is 43.3. The van der Waals surface area contributed by atoms with E-state index < -0.39 is 0 Å². The maximum atomic E-state index is 3.88. The van der Waals surface area contributed by atoms with Crippen molar-refractivity contribution in [1.29, 1.82) is 0 Å². The summed E-state index contributed by atoms with van der Waals surface area (Å²) in [5.74, 6) is 0. The number of hydrogen-bond acceptors (Lipinski definition) is 0. The van der Waals surface area contributed by atoms with Crippen LogP contribution in [0.2, 0.25) is 0 Å². The van der Waals surface area contributed by atoms with Gasteiger partial charge in [0.15, 0.2) is 0 Å². The lowest BCUT2D eigenvalue weighted by molar-refractivity contribution is 0.590. The summed E-state index contributed by atoms with van der Waals surface area (Å²) in [5, 5.41) is 15.9. The Balaban J connectivity index is 0.0000000983. The standard InChI is InChI=1S/C29H27Br.2C25H19Br.3C19H15Br/c1-28(2,3)21-12-10-18(11-13-21)22-14-15-25(30)26-23-16-19-8-6-7-9-20(19)17-24(23)29(4,5)27(22)26;1-25(2)23-19(13-8-14-21(23)26)22-20(16-9-4-3-5-10-16)15-17-11-6-7-12-18(17)24(22)25;1-25(2)22-14-17(26)12-13-20(22)24-19-11-7-6-10-18(19)21(15-23(24)25)16-8-4-3-5-9-16;1-19(2)15-8-5-9-17(20)18(15)14-10-12-6-3-4-7-13(12)11-16(14)19;1-19(2)17-10-8-13(20)11-16(17)15-9-7-12-5-3-4-6-14(12)18(15)19;1-19(2)17-8-7-14(20)11-16(17)15-9-12-5-3-4-6-13(12)10-18(15)19/h6-17H,1-5H3;2*3-15H,1-2H3;3*3-11H,1-2H3. The number of fused-ring (bicyclic) bond motifs is 27. The van der Waals surface area contributed by atoms with Gasteiger partial charge in [-0.2, -0.15) is 0 Å². The Morgan fingerprint density at radius 2 is 0.563 bits per heavy atom. The van der Waals surface area contributed by atoms with E-state index in [-0.39, 0.29) is 37.9 Å². The van der Waals surface area contributed by atoms with Gasteiger partial charge in [0.1, 0.15) is 0 Å². The molecular formula is C136H110Br6. The normalized spacial score (nSPS) is 14.7. The van der Waals surface area contributed by atoms with Crippen LogP contribution in [0.25, 0.3) is 165 Å². The third kappa shape index (κ3) is 16.0. The van der Waals surface area contributed by atoms with Crippen molar-refractivity contribution in [3.05, 3.63) is 493 Å². The Morgan fingerprint density at radius 3 is 1.15 bits per heavy atom. The van der Waals surface area contributed by atoms with E-state index >= 15 is 0 Å². The molecule has 0 unspecified atom stereocenters. The number of benzene rings is 21. The molecule has 6 aliphatic rings. The summed E-state index contributed by atoms with van der Waals surface area (Å²) in [6.07, 6.45) is 0. The first-order chi connectivity index (χ1) is 68.1. The van der Waals surface area contributed by atoms with Crippen LogP contribution >= 0.6 is 95.6 Å². The molecule has 0 bridgehead atoms. The molecule has 6 aliphatic carbocycles. The van der Waals surface area contributed by atoms with Crippen molar-refractivity contribution in [2.45, 2.75) is 142 Å². The summed E-state index contributed by atoms with van der Waals surface area (Å²) in [4.78, 5) is 0. The van der Waals surface area contributed by atoms with Gasteiger partial charge in [-0.3, -0.25) is 0 Å². The second kappa shape index (κ2) is 36.1. The highest BCUT2D eigenvalue weighted by atomic mass is 79.9. The van der Waals surface area contributed by atoms with Gasteiger partial charge < -0.3 is 0 Å². The first-order valence-electron chi connectivity index (χ1n) is 49.4. The zero-order chi connectivity index (χ0) is 98.8. The summed E-state index contributed by atoms with van der Waals surface area (Å²) in [6.45, 7) is 34.9. The van der Waals surface area contributed by atoms with E-state index in [0.29, 0.717) is 0 Å². The van der Waals surface area contributed by atoms with Gasteiger partial charge in [-0.25, -0.2) is 0 Å². The van der Waals surface area contributed by atoms with Crippen LogP contribution in [0.4, 0.5) is 0 Å². The first-order valence-corrected chi connectivity index (χ1v) is 54.1. The lowest BCUT2D eigenvalue weighted by atomic mass is 9.78. The minimum absolute atomic E-state index is 0.0119. The molecule has 21 aromatic rings. The number of rotatable bonds is 3. The van der Waals surface area contributed by atoms with Gasteiger partial charge in [0.2, 0.25) is 0 Å². The molecule has 0 amide bonds. The lowest BCUT2D eigenvalue weighted by Crippen LogP contribution is -2.16. The first kappa shape index (κ1) is 94.9. The average molecular weight is 2220 g/mol. The van der Waals surface area contributed by atoms with Crippen molar-refractivity contribution in [3.8, 4) is 100 Å². The number of hydrogen-bond donors (Lipinski definition) is 0. The predicted molar refractivity (Wildman–Crippen MR) is 630 cm³/mol. The Kier molecular flexibility index (Phi) is 24.1. The fourth-order valence-electron chi connectivity index (χ4n) is 24.4. The molecular weight excluding hydrogens is 2110 g/mol. The molecule has 0 fully saturated rings. The van der Waals surface area contributed by atoms with Crippen LogP contribution in [0.1, 0.15) is 176 Å². The Bertz CT molecular complexity index is 8720. The Morgan fingerprint density at radius 1 is 0.169 bits per heavy atom. The third-order valence-electron chi connectivity index (χ3n) is 31.6. The smallest absolute Gasteiger partial charge is 0.0257 e. The highest BCUT2D eigenvalue weighted by Crippen LogP contribution is 2.62. The quantitative estimate of drug-likeness (QED) is 0.165. The molecule has 696 valence electrons. The minimum atomic E-state index is -0.0590. The van der Waals surface area contributed by atoms with Crippen LogP contribution in [-0.2, 0) is 37.9 Å². The lowest BCUT2D eigenvalue weighted by Gasteiger charge is -2.25. The fourth-order valence-corrected chi connectivity index (χ4v) is 27.5. The van der Waals surface area contributed by atoms with Gasteiger partial charge in [0, 0.05) is 70.5 Å². The summed E-state index contributed by atoms with van der Waals surface area (Å²) in [6, 6.07) is 144. The largest absolute Gasteiger partial charge is 0.0622 e. The van der Waals surface area contributed by atoms with Crippen molar-refractivity contribution in [1.82, 2.24) is 0 Å². The topological polar surface area (TPSA) is 0 Å². The van der Waals surface area contributed by atoms with Gasteiger partial charge in [-0.1, -0.05) is 491 Å². The van der Waals surface area contributed by atoms with Crippen LogP contribution in [0, 0.1) is 0 Å². The molecule has 27 rings (SSSR count). The predicted octanol–water partition coefficient (Wildman–Crippen LogP) is 41.8. The van der Waals surface area contributed by atoms with E-state index in [4.69, 9.17) is 0 Å². The maximum Gasteiger partial charge on any atom is 0.0257 e. The Hall–Kier alpha value is -11.9. The molecule has 0 aromatic heterocycles. The molecule has 6 heteroatoms. The van der Waals surface area contributed by atoms with E-state index in [1.54, 1.807) is 0 Å². The highest BCUT2D eigenvalue weighted by molar-refractivity contribution is 9.11.